The van der Waals surface area contributed by atoms with Gasteiger partial charge in [0.1, 0.15) is 0 Å². The number of nitrogens with zero attached hydrogens (tertiary/aromatic N) is 2. The Hall–Kier alpha value is -2.81. The number of nitro benzene ring substituents is 1. The predicted molar refractivity (Wildman–Crippen MR) is 77.2 cm³/mol. The summed E-state index contributed by atoms with van der Waals surface area (Å²) in [6, 6.07) is 6.02. The number of hydrazone groups is 1. The Balaban J connectivity index is 2.38. The molecule has 0 fully saturated rings. The second-order valence-corrected chi connectivity index (χ2v) is 4.35. The van der Waals surface area contributed by atoms with Crippen LogP contribution in [-0.2, 0) is 9.59 Å². The Bertz CT molecular complexity index is 573. The third-order valence-electron chi connectivity index (χ3n) is 2.71. The highest BCUT2D eigenvalue weighted by atomic mass is 16.6. The van der Waals surface area contributed by atoms with Crippen LogP contribution in [0.1, 0.15) is 31.2 Å². The van der Waals surface area contributed by atoms with Crippen LogP contribution in [0, 0.1) is 10.1 Å². The van der Waals surface area contributed by atoms with Gasteiger partial charge in [0, 0.05) is 18.9 Å². The number of nitrogens with one attached hydrogen (secondary N) is 2. The molecule has 0 heterocycles. The zero-order valence-electron chi connectivity index (χ0n) is 11.7. The summed E-state index contributed by atoms with van der Waals surface area (Å²) < 4.78 is 0. The molecule has 9 heteroatoms. The van der Waals surface area contributed by atoms with Crippen molar-refractivity contribution in [3.63, 3.8) is 0 Å². The van der Waals surface area contributed by atoms with Gasteiger partial charge in [0.15, 0.2) is 0 Å². The summed E-state index contributed by atoms with van der Waals surface area (Å²) in [5, 5.41) is 22.7. The van der Waals surface area contributed by atoms with Crippen LogP contribution in [-0.4, -0.2) is 28.2 Å². The lowest BCUT2D eigenvalue weighted by Gasteiger charge is -2.00. The van der Waals surface area contributed by atoms with Gasteiger partial charge in [0.25, 0.3) is 5.69 Å². The van der Waals surface area contributed by atoms with Crippen LogP contribution in [0.5, 0.6) is 0 Å². The molecule has 0 saturated carbocycles. The summed E-state index contributed by atoms with van der Waals surface area (Å²) in [5.41, 5.74) is 3.94. The van der Waals surface area contributed by atoms with E-state index in [0.29, 0.717) is 12.8 Å². The molecule has 22 heavy (non-hydrogen) atoms. The van der Waals surface area contributed by atoms with Gasteiger partial charge in [-0.2, -0.15) is 5.10 Å². The first-order valence-corrected chi connectivity index (χ1v) is 6.53. The average molecular weight is 308 g/mol. The maximum Gasteiger partial charge on any atom is 0.278 e. The molecule has 0 saturated heterocycles. The number of hydrogen-bond acceptors (Lipinski definition) is 6. The van der Waals surface area contributed by atoms with Gasteiger partial charge in [-0.1, -0.05) is 12.1 Å². The van der Waals surface area contributed by atoms with E-state index >= 15 is 0 Å². The molecule has 0 radical (unpaired) electrons. The first-order valence-electron chi connectivity index (χ1n) is 6.53. The van der Waals surface area contributed by atoms with Crippen molar-refractivity contribution in [2.24, 2.45) is 5.10 Å². The van der Waals surface area contributed by atoms with Crippen molar-refractivity contribution < 1.29 is 19.7 Å². The molecule has 118 valence electrons. The van der Waals surface area contributed by atoms with Gasteiger partial charge in [0.2, 0.25) is 11.8 Å². The minimum Gasteiger partial charge on any atom is -0.289 e. The number of hydrogen-bond donors (Lipinski definition) is 3. The number of unbranched alkanes of at least 4 members (excludes halogenated alkanes) is 1. The molecule has 2 amide bonds. The smallest absolute Gasteiger partial charge is 0.278 e. The number of rotatable bonds is 8. The molecule has 3 N–H and O–H groups in total. The van der Waals surface area contributed by atoms with Crippen molar-refractivity contribution in [3.05, 3.63) is 39.9 Å². The molecular weight excluding hydrogens is 292 g/mol. The summed E-state index contributed by atoms with van der Waals surface area (Å²) in [7, 11) is 0. The lowest BCUT2D eigenvalue weighted by molar-refractivity contribution is -0.385. The van der Waals surface area contributed by atoms with Gasteiger partial charge in [-0.05, 0) is 18.9 Å². The Morgan fingerprint density at radius 1 is 1.23 bits per heavy atom. The molecule has 0 aliphatic heterocycles. The summed E-state index contributed by atoms with van der Waals surface area (Å²) in [5.74, 6) is -0.867. The van der Waals surface area contributed by atoms with E-state index in [1.165, 1.54) is 29.9 Å². The zero-order chi connectivity index (χ0) is 16.4. The van der Waals surface area contributed by atoms with Gasteiger partial charge in [0.05, 0.1) is 16.7 Å². The van der Waals surface area contributed by atoms with Gasteiger partial charge in [-0.3, -0.25) is 24.9 Å². The number of hydroxylamine groups is 1. The second kappa shape index (κ2) is 9.19. The number of carbonyl (C=O) groups excluding carboxylic acids is 2. The lowest BCUT2D eigenvalue weighted by Crippen LogP contribution is -2.19. The number of nitro groups is 1. The Morgan fingerprint density at radius 3 is 2.50 bits per heavy atom. The van der Waals surface area contributed by atoms with Crippen molar-refractivity contribution in [1.29, 1.82) is 0 Å². The average Bonchev–Trinajstić information content (AvgIpc) is 2.51. The molecule has 9 nitrogen and oxygen atoms in total. The fraction of sp³-hybridized carbons (Fsp3) is 0.308. The number of carbonyl (C=O) groups is 2. The van der Waals surface area contributed by atoms with E-state index in [2.05, 4.69) is 10.5 Å². The van der Waals surface area contributed by atoms with Crippen LogP contribution < -0.4 is 10.9 Å². The normalized spacial score (nSPS) is 10.4. The molecule has 1 aromatic rings. The number of benzene rings is 1. The summed E-state index contributed by atoms with van der Waals surface area (Å²) in [6.45, 7) is 0. The van der Waals surface area contributed by atoms with Gasteiger partial charge in [-0.25, -0.2) is 10.9 Å². The molecule has 1 aromatic carbocycles. The van der Waals surface area contributed by atoms with Gasteiger partial charge >= 0.3 is 0 Å². The molecule has 0 aromatic heterocycles. The summed E-state index contributed by atoms with van der Waals surface area (Å²) >= 11 is 0. The minimum atomic E-state index is -0.532. The number of para-hydroxylation sites is 1. The molecule has 0 aliphatic rings. The van der Waals surface area contributed by atoms with E-state index < -0.39 is 10.8 Å². The van der Waals surface area contributed by atoms with E-state index in [-0.39, 0.29) is 30.0 Å². The summed E-state index contributed by atoms with van der Waals surface area (Å²) in [4.78, 5) is 32.4. The monoisotopic (exact) mass is 308 g/mol. The van der Waals surface area contributed by atoms with Gasteiger partial charge in [-0.15, -0.1) is 0 Å². The van der Waals surface area contributed by atoms with Crippen molar-refractivity contribution in [2.75, 3.05) is 0 Å². The van der Waals surface area contributed by atoms with E-state index in [1.54, 1.807) is 6.07 Å². The Labute approximate surface area is 126 Å². The SMILES string of the molecule is O=C(CCCCC(=O)N/N=C/c1ccccc1[N+](=O)[O-])NO. The first-order chi connectivity index (χ1) is 10.5. The third-order valence-corrected chi connectivity index (χ3v) is 2.71. The van der Waals surface area contributed by atoms with Crippen molar-refractivity contribution in [3.8, 4) is 0 Å². The zero-order valence-corrected chi connectivity index (χ0v) is 11.7. The highest BCUT2D eigenvalue weighted by molar-refractivity contribution is 5.86. The quantitative estimate of drug-likeness (QED) is 0.217. The molecule has 0 atom stereocenters. The van der Waals surface area contributed by atoms with Crippen LogP contribution in [0.25, 0.3) is 0 Å². The van der Waals surface area contributed by atoms with E-state index in [1.807, 2.05) is 0 Å². The molecule has 0 aliphatic carbocycles. The standard InChI is InChI=1S/C13H16N4O5/c18-12(7-3-4-8-13(19)16-20)15-14-9-10-5-1-2-6-11(10)17(21)22/h1-2,5-6,9,20H,3-4,7-8H2,(H,15,18)(H,16,19)/b14-9+. The second-order valence-electron chi connectivity index (χ2n) is 4.35. The highest BCUT2D eigenvalue weighted by Crippen LogP contribution is 2.14. The molecule has 0 spiro atoms. The van der Waals surface area contributed by atoms with E-state index in [4.69, 9.17) is 5.21 Å². The first kappa shape index (κ1) is 17.2. The predicted octanol–water partition coefficient (Wildman–Crippen LogP) is 1.11. The maximum atomic E-state index is 11.5. The Morgan fingerprint density at radius 2 is 1.86 bits per heavy atom. The van der Waals surface area contributed by atoms with Crippen LogP contribution in [0.3, 0.4) is 0 Å². The van der Waals surface area contributed by atoms with Crippen LogP contribution in [0.2, 0.25) is 0 Å². The highest BCUT2D eigenvalue weighted by Gasteiger charge is 2.10. The topological polar surface area (TPSA) is 134 Å². The van der Waals surface area contributed by atoms with E-state index in [0.717, 1.165) is 0 Å². The van der Waals surface area contributed by atoms with Gasteiger partial charge < -0.3 is 0 Å². The maximum absolute atomic E-state index is 11.5. The fourth-order valence-electron chi connectivity index (χ4n) is 1.62. The van der Waals surface area contributed by atoms with Crippen molar-refractivity contribution in [2.45, 2.75) is 25.7 Å². The largest absolute Gasteiger partial charge is 0.289 e. The molecule has 0 bridgehead atoms. The lowest BCUT2D eigenvalue weighted by atomic mass is 10.2. The fourth-order valence-corrected chi connectivity index (χ4v) is 1.62. The minimum absolute atomic E-state index is 0.101. The third kappa shape index (κ3) is 6.09. The van der Waals surface area contributed by atoms with Crippen LogP contribution in [0.4, 0.5) is 5.69 Å². The van der Waals surface area contributed by atoms with Crippen LogP contribution in [0.15, 0.2) is 29.4 Å². The Kier molecular flexibility index (Phi) is 7.20. The molecule has 0 unspecified atom stereocenters. The molecule has 1 rings (SSSR count). The number of amides is 2. The molecular formula is C13H16N4O5. The van der Waals surface area contributed by atoms with Crippen molar-refractivity contribution in [1.82, 2.24) is 10.9 Å². The van der Waals surface area contributed by atoms with Crippen LogP contribution >= 0.6 is 0 Å². The van der Waals surface area contributed by atoms with Crippen molar-refractivity contribution >= 4 is 23.7 Å². The summed E-state index contributed by atoms with van der Waals surface area (Å²) in [6.07, 6.45) is 2.40. The van der Waals surface area contributed by atoms with E-state index in [9.17, 15) is 19.7 Å².